The summed E-state index contributed by atoms with van der Waals surface area (Å²) in [5, 5.41) is 5.97. The second-order valence-corrected chi connectivity index (χ2v) is 8.50. The highest BCUT2D eigenvalue weighted by atomic mass is 16.5. The Morgan fingerprint density at radius 1 is 0.868 bits per heavy atom. The van der Waals surface area contributed by atoms with Crippen LogP contribution in [0.3, 0.4) is 0 Å². The third-order valence-corrected chi connectivity index (χ3v) is 5.48. The zero-order chi connectivity index (χ0) is 27.1. The minimum absolute atomic E-state index is 0.0433. The molecule has 4 rings (SSSR count). The fourth-order valence-electron chi connectivity index (χ4n) is 3.54. The van der Waals surface area contributed by atoms with E-state index in [0.29, 0.717) is 22.6 Å². The number of carbonyl (C=O) groups is 3. The molecule has 10 nitrogen and oxygen atoms in total. The predicted molar refractivity (Wildman–Crippen MR) is 143 cm³/mol. The zero-order valence-electron chi connectivity index (χ0n) is 20.8. The van der Waals surface area contributed by atoms with Gasteiger partial charge in [0.05, 0.1) is 24.1 Å². The van der Waals surface area contributed by atoms with Gasteiger partial charge in [0.25, 0.3) is 11.8 Å². The average Bonchev–Trinajstić information content (AvgIpc) is 2.92. The first kappa shape index (κ1) is 25.8. The summed E-state index contributed by atoms with van der Waals surface area (Å²) in [5.74, 6) is 0.453. The lowest BCUT2D eigenvalue weighted by Gasteiger charge is -2.11. The van der Waals surface area contributed by atoms with Crippen molar-refractivity contribution in [2.75, 3.05) is 19.4 Å². The number of carbonyl (C=O) groups excluding carboxylic acids is 3. The second-order valence-electron chi connectivity index (χ2n) is 8.50. The number of nitrogens with two attached hydrogens (primary N) is 1. The van der Waals surface area contributed by atoms with E-state index in [1.165, 1.54) is 12.1 Å². The summed E-state index contributed by atoms with van der Waals surface area (Å²) in [6.07, 6.45) is 2.46. The average molecular weight is 511 g/mol. The summed E-state index contributed by atoms with van der Waals surface area (Å²) in [6.45, 7) is 0.214. The van der Waals surface area contributed by atoms with Crippen LogP contribution in [0.25, 0.3) is 11.1 Å². The van der Waals surface area contributed by atoms with Crippen LogP contribution in [0.5, 0.6) is 5.75 Å². The molecule has 0 aliphatic heterocycles. The van der Waals surface area contributed by atoms with Crippen molar-refractivity contribution < 1.29 is 19.1 Å². The van der Waals surface area contributed by atoms with Gasteiger partial charge in [0.2, 0.25) is 0 Å². The van der Waals surface area contributed by atoms with E-state index in [1.54, 1.807) is 61.7 Å². The Hall–Kier alpha value is -5.25. The Labute approximate surface area is 219 Å². The van der Waals surface area contributed by atoms with Gasteiger partial charge in [0.1, 0.15) is 11.6 Å². The van der Waals surface area contributed by atoms with E-state index >= 15 is 0 Å². The maximum Gasteiger partial charge on any atom is 0.409 e. The first-order chi connectivity index (χ1) is 18.3. The van der Waals surface area contributed by atoms with Crippen molar-refractivity contribution in [2.24, 2.45) is 5.73 Å². The predicted octanol–water partition coefficient (Wildman–Crippen LogP) is 3.98. The van der Waals surface area contributed by atoms with Crippen molar-refractivity contribution in [3.63, 3.8) is 0 Å². The van der Waals surface area contributed by atoms with E-state index in [1.807, 2.05) is 30.3 Å². The Kier molecular flexibility index (Phi) is 7.92. The number of amides is 3. The van der Waals surface area contributed by atoms with Gasteiger partial charge in [-0.1, -0.05) is 18.2 Å². The number of pyridine rings is 2. The largest absolute Gasteiger partial charge is 0.410 e. The van der Waals surface area contributed by atoms with Gasteiger partial charge >= 0.3 is 6.09 Å². The van der Waals surface area contributed by atoms with Gasteiger partial charge in [0, 0.05) is 37.0 Å². The highest BCUT2D eigenvalue weighted by Gasteiger charge is 2.10. The van der Waals surface area contributed by atoms with Crippen molar-refractivity contribution in [1.29, 1.82) is 0 Å². The van der Waals surface area contributed by atoms with Crippen LogP contribution in [-0.4, -0.2) is 46.9 Å². The van der Waals surface area contributed by atoms with Crippen LogP contribution in [0, 0.1) is 0 Å². The molecule has 10 heteroatoms. The Balaban J connectivity index is 1.31. The molecule has 0 spiro atoms. The number of aromatic nitrogens is 2. The Morgan fingerprint density at radius 2 is 1.63 bits per heavy atom. The summed E-state index contributed by atoms with van der Waals surface area (Å²) in [4.78, 5) is 45.8. The Morgan fingerprint density at radius 3 is 2.26 bits per heavy atom. The molecule has 192 valence electrons. The lowest BCUT2D eigenvalue weighted by molar-refractivity contribution is 0.0827. The third-order valence-electron chi connectivity index (χ3n) is 5.48. The van der Waals surface area contributed by atoms with Crippen LogP contribution in [0.1, 0.15) is 26.4 Å². The minimum atomic E-state index is -0.948. The maximum atomic E-state index is 12.4. The molecule has 4 aromatic rings. The molecule has 0 saturated heterocycles. The number of anilines is 2. The molecule has 0 bridgehead atoms. The van der Waals surface area contributed by atoms with Crippen molar-refractivity contribution >= 4 is 29.4 Å². The van der Waals surface area contributed by atoms with Gasteiger partial charge < -0.3 is 26.0 Å². The van der Waals surface area contributed by atoms with Crippen molar-refractivity contribution in [3.05, 3.63) is 102 Å². The van der Waals surface area contributed by atoms with E-state index < -0.39 is 6.09 Å². The van der Waals surface area contributed by atoms with Gasteiger partial charge in [0.15, 0.2) is 0 Å². The summed E-state index contributed by atoms with van der Waals surface area (Å²) in [6, 6.07) is 21.0. The monoisotopic (exact) mass is 510 g/mol. The van der Waals surface area contributed by atoms with E-state index in [2.05, 4.69) is 20.6 Å². The number of hydrogen-bond donors (Lipinski definition) is 3. The van der Waals surface area contributed by atoms with E-state index in [0.717, 1.165) is 16.8 Å². The minimum Gasteiger partial charge on any atom is -0.410 e. The summed E-state index contributed by atoms with van der Waals surface area (Å²) in [5.41, 5.74) is 9.25. The normalized spacial score (nSPS) is 10.4. The van der Waals surface area contributed by atoms with E-state index in [4.69, 9.17) is 10.5 Å². The van der Waals surface area contributed by atoms with Gasteiger partial charge in [-0.25, -0.2) is 9.78 Å². The molecular weight excluding hydrogens is 484 g/mol. The number of rotatable bonds is 8. The molecule has 2 aromatic heterocycles. The molecule has 3 amide bonds. The molecule has 0 unspecified atom stereocenters. The number of primary amides is 1. The van der Waals surface area contributed by atoms with E-state index in [-0.39, 0.29) is 24.1 Å². The maximum absolute atomic E-state index is 12.4. The molecule has 0 aliphatic rings. The van der Waals surface area contributed by atoms with Crippen LogP contribution in [0.2, 0.25) is 0 Å². The SMILES string of the molecule is CN(C)C(=O)c1ccc(-c2ccc(Nc3ccc(CNC(=O)c4cccc(OC(N)=O)c4)nc3)nc2)cc1. The fourth-order valence-corrected chi connectivity index (χ4v) is 3.54. The molecule has 4 N–H and O–H groups in total. The number of nitrogens with one attached hydrogen (secondary N) is 2. The number of nitrogens with zero attached hydrogens (tertiary/aromatic N) is 3. The molecular formula is C28H26N6O4. The second kappa shape index (κ2) is 11.7. The first-order valence-corrected chi connectivity index (χ1v) is 11.6. The number of benzene rings is 2. The van der Waals surface area contributed by atoms with Crippen molar-refractivity contribution in [3.8, 4) is 16.9 Å². The van der Waals surface area contributed by atoms with Crippen LogP contribution >= 0.6 is 0 Å². The standard InChI is InChI=1S/C28H26N6O4/c1-34(2)27(36)19-8-6-18(7-9-19)21-10-13-25(31-15-21)33-23-12-11-22(30-17-23)16-32-26(35)20-4-3-5-24(14-20)38-28(29)37/h3-15,17H,16H2,1-2H3,(H2,29,37)(H,31,33)(H,32,35). The van der Waals surface area contributed by atoms with Gasteiger partial charge in [-0.2, -0.15) is 0 Å². The third kappa shape index (κ3) is 6.70. The quantitative estimate of drug-likeness (QED) is 0.326. The molecule has 0 radical (unpaired) electrons. The van der Waals surface area contributed by atoms with Crippen LogP contribution in [0.15, 0.2) is 85.2 Å². The lowest BCUT2D eigenvalue weighted by atomic mass is 10.1. The number of hydrogen-bond acceptors (Lipinski definition) is 7. The first-order valence-electron chi connectivity index (χ1n) is 11.6. The Bertz CT molecular complexity index is 1440. The molecule has 38 heavy (non-hydrogen) atoms. The van der Waals surface area contributed by atoms with Gasteiger partial charge in [-0.05, 0) is 60.2 Å². The van der Waals surface area contributed by atoms with E-state index in [9.17, 15) is 14.4 Å². The molecule has 0 fully saturated rings. The summed E-state index contributed by atoms with van der Waals surface area (Å²) < 4.78 is 4.80. The lowest BCUT2D eigenvalue weighted by Crippen LogP contribution is -2.23. The zero-order valence-corrected chi connectivity index (χ0v) is 20.8. The fraction of sp³-hybridized carbons (Fsp3) is 0.107. The van der Waals surface area contributed by atoms with Crippen LogP contribution < -0.4 is 21.1 Å². The highest BCUT2D eigenvalue weighted by molar-refractivity contribution is 5.95. The molecule has 0 aliphatic carbocycles. The topological polar surface area (TPSA) is 140 Å². The smallest absolute Gasteiger partial charge is 0.409 e. The highest BCUT2D eigenvalue weighted by Crippen LogP contribution is 2.22. The van der Waals surface area contributed by atoms with Crippen LogP contribution in [0.4, 0.5) is 16.3 Å². The molecule has 2 heterocycles. The molecule has 2 aromatic carbocycles. The van der Waals surface area contributed by atoms with Crippen molar-refractivity contribution in [1.82, 2.24) is 20.2 Å². The van der Waals surface area contributed by atoms with Crippen LogP contribution in [-0.2, 0) is 6.54 Å². The summed E-state index contributed by atoms with van der Waals surface area (Å²) in [7, 11) is 3.44. The molecule has 0 atom stereocenters. The van der Waals surface area contributed by atoms with Gasteiger partial charge in [-0.15, -0.1) is 0 Å². The molecule has 0 saturated carbocycles. The van der Waals surface area contributed by atoms with Crippen molar-refractivity contribution in [2.45, 2.75) is 6.54 Å². The van der Waals surface area contributed by atoms with Gasteiger partial charge in [-0.3, -0.25) is 14.6 Å². The number of ether oxygens (including phenoxy) is 1. The summed E-state index contributed by atoms with van der Waals surface area (Å²) >= 11 is 0.